The summed E-state index contributed by atoms with van der Waals surface area (Å²) in [5.74, 6) is -1.46. The lowest BCUT2D eigenvalue weighted by atomic mass is 10.2. The number of nitrogens with zero attached hydrogens (tertiary/aromatic N) is 2. The normalized spacial score (nSPS) is 18.5. The molecule has 8 heteroatoms. The quantitative estimate of drug-likeness (QED) is 0.540. The standard InChI is InChI=1S/C13H24N4O4/c1-3-16(4-2)7-5-6-14-13(21)17-9-11(18)15-8-10(17)12(19)20/h10H,3-9H2,1-2H3,(H,14,21)(H,15,18)(H,19,20). The fourth-order valence-electron chi connectivity index (χ4n) is 2.21. The molecule has 1 aliphatic rings. The molecule has 0 saturated carbocycles. The molecule has 3 amide bonds. The van der Waals surface area contributed by atoms with Gasteiger partial charge in [0.25, 0.3) is 0 Å². The van der Waals surface area contributed by atoms with Crippen LogP contribution >= 0.6 is 0 Å². The Labute approximate surface area is 124 Å². The molecular weight excluding hydrogens is 276 g/mol. The molecule has 3 N–H and O–H groups in total. The lowest BCUT2D eigenvalue weighted by Gasteiger charge is -2.32. The molecule has 1 aliphatic heterocycles. The van der Waals surface area contributed by atoms with Crippen LogP contribution in [0.5, 0.6) is 0 Å². The lowest BCUT2D eigenvalue weighted by molar-refractivity contribution is -0.144. The lowest BCUT2D eigenvalue weighted by Crippen LogP contribution is -2.61. The second-order valence-electron chi connectivity index (χ2n) is 4.90. The zero-order valence-corrected chi connectivity index (χ0v) is 12.6. The van der Waals surface area contributed by atoms with E-state index in [0.717, 1.165) is 31.0 Å². The fraction of sp³-hybridized carbons (Fsp3) is 0.769. The third-order valence-electron chi connectivity index (χ3n) is 3.55. The van der Waals surface area contributed by atoms with E-state index < -0.39 is 18.0 Å². The Kier molecular flexibility index (Phi) is 6.93. The van der Waals surface area contributed by atoms with Gasteiger partial charge < -0.3 is 20.6 Å². The third-order valence-corrected chi connectivity index (χ3v) is 3.55. The van der Waals surface area contributed by atoms with Crippen LogP contribution in [-0.2, 0) is 9.59 Å². The van der Waals surface area contributed by atoms with Crippen LogP contribution in [0.1, 0.15) is 20.3 Å². The first-order valence-electron chi connectivity index (χ1n) is 7.25. The van der Waals surface area contributed by atoms with Crippen molar-refractivity contribution in [2.75, 3.05) is 39.3 Å². The largest absolute Gasteiger partial charge is 0.480 e. The van der Waals surface area contributed by atoms with Crippen molar-refractivity contribution < 1.29 is 19.5 Å². The van der Waals surface area contributed by atoms with Crippen LogP contribution in [0.2, 0.25) is 0 Å². The highest BCUT2D eigenvalue weighted by atomic mass is 16.4. The molecule has 0 aliphatic carbocycles. The second kappa shape index (κ2) is 8.46. The Bertz CT molecular complexity index is 384. The van der Waals surface area contributed by atoms with E-state index in [0.29, 0.717) is 6.54 Å². The summed E-state index contributed by atoms with van der Waals surface area (Å²) in [6.45, 7) is 7.11. The molecule has 1 rings (SSSR count). The summed E-state index contributed by atoms with van der Waals surface area (Å²) in [5, 5.41) is 14.2. The Morgan fingerprint density at radius 1 is 1.43 bits per heavy atom. The number of piperazine rings is 1. The predicted octanol–water partition coefficient (Wildman–Crippen LogP) is -0.687. The van der Waals surface area contributed by atoms with Gasteiger partial charge in [-0.05, 0) is 26.1 Å². The van der Waals surface area contributed by atoms with Crippen molar-refractivity contribution in [1.29, 1.82) is 0 Å². The minimum atomic E-state index is -1.12. The molecule has 1 saturated heterocycles. The summed E-state index contributed by atoms with van der Waals surface area (Å²) < 4.78 is 0. The van der Waals surface area contributed by atoms with Gasteiger partial charge in [0.05, 0.1) is 0 Å². The molecule has 8 nitrogen and oxygen atoms in total. The molecule has 0 aromatic heterocycles. The van der Waals surface area contributed by atoms with Gasteiger partial charge in [-0.25, -0.2) is 9.59 Å². The van der Waals surface area contributed by atoms with E-state index in [2.05, 4.69) is 29.4 Å². The van der Waals surface area contributed by atoms with Crippen LogP contribution in [0.4, 0.5) is 4.79 Å². The van der Waals surface area contributed by atoms with E-state index in [1.54, 1.807) is 0 Å². The van der Waals surface area contributed by atoms with Gasteiger partial charge in [0, 0.05) is 13.1 Å². The van der Waals surface area contributed by atoms with Crippen LogP contribution in [0.25, 0.3) is 0 Å². The number of carboxylic acid groups (broad SMARTS) is 1. The third kappa shape index (κ3) is 5.22. The number of aliphatic carboxylic acids is 1. The Morgan fingerprint density at radius 2 is 2.10 bits per heavy atom. The topological polar surface area (TPSA) is 102 Å². The zero-order valence-electron chi connectivity index (χ0n) is 12.6. The first-order valence-corrected chi connectivity index (χ1v) is 7.25. The zero-order chi connectivity index (χ0) is 15.8. The van der Waals surface area contributed by atoms with E-state index in [9.17, 15) is 14.4 Å². The Morgan fingerprint density at radius 3 is 2.67 bits per heavy atom. The summed E-state index contributed by atoms with van der Waals surface area (Å²) in [6.07, 6.45) is 0.783. The highest BCUT2D eigenvalue weighted by Crippen LogP contribution is 2.05. The predicted molar refractivity (Wildman–Crippen MR) is 76.9 cm³/mol. The highest BCUT2D eigenvalue weighted by molar-refractivity contribution is 5.90. The summed E-state index contributed by atoms with van der Waals surface area (Å²) >= 11 is 0. The highest BCUT2D eigenvalue weighted by Gasteiger charge is 2.34. The maximum atomic E-state index is 12.0. The maximum Gasteiger partial charge on any atom is 0.328 e. The average Bonchev–Trinajstić information content (AvgIpc) is 2.46. The van der Waals surface area contributed by atoms with Gasteiger partial charge in [-0.3, -0.25) is 9.69 Å². The Hall–Kier alpha value is -1.83. The van der Waals surface area contributed by atoms with Gasteiger partial charge in [-0.15, -0.1) is 0 Å². The summed E-state index contributed by atoms with van der Waals surface area (Å²) in [7, 11) is 0. The minimum Gasteiger partial charge on any atom is -0.480 e. The number of carbonyl (C=O) groups is 3. The monoisotopic (exact) mass is 300 g/mol. The molecule has 120 valence electrons. The fourth-order valence-corrected chi connectivity index (χ4v) is 2.21. The molecular formula is C13H24N4O4. The number of hydrogen-bond donors (Lipinski definition) is 3. The molecule has 1 unspecified atom stereocenters. The molecule has 21 heavy (non-hydrogen) atoms. The van der Waals surface area contributed by atoms with Crippen molar-refractivity contribution in [2.45, 2.75) is 26.3 Å². The van der Waals surface area contributed by atoms with Crippen LogP contribution in [0.15, 0.2) is 0 Å². The van der Waals surface area contributed by atoms with E-state index in [1.807, 2.05) is 0 Å². The summed E-state index contributed by atoms with van der Waals surface area (Å²) in [5.41, 5.74) is 0. The van der Waals surface area contributed by atoms with Gasteiger partial charge in [-0.2, -0.15) is 0 Å². The average molecular weight is 300 g/mol. The van der Waals surface area contributed by atoms with Crippen LogP contribution in [-0.4, -0.2) is 78.1 Å². The SMILES string of the molecule is CCN(CC)CCCNC(=O)N1CC(=O)NCC1C(=O)O. The van der Waals surface area contributed by atoms with Crippen molar-refractivity contribution in [3.8, 4) is 0 Å². The molecule has 1 atom stereocenters. The minimum absolute atomic E-state index is 0.0545. The maximum absolute atomic E-state index is 12.0. The van der Waals surface area contributed by atoms with Crippen LogP contribution < -0.4 is 10.6 Å². The first-order chi connectivity index (χ1) is 9.99. The van der Waals surface area contributed by atoms with E-state index in [-0.39, 0.29) is 19.0 Å². The van der Waals surface area contributed by atoms with Crippen molar-refractivity contribution in [3.63, 3.8) is 0 Å². The van der Waals surface area contributed by atoms with Crippen molar-refractivity contribution in [2.24, 2.45) is 0 Å². The van der Waals surface area contributed by atoms with Gasteiger partial charge in [0.1, 0.15) is 12.6 Å². The van der Waals surface area contributed by atoms with Crippen LogP contribution in [0.3, 0.4) is 0 Å². The van der Waals surface area contributed by atoms with E-state index in [1.165, 1.54) is 0 Å². The number of amides is 3. The van der Waals surface area contributed by atoms with Gasteiger partial charge in [0.15, 0.2) is 0 Å². The molecule has 1 fully saturated rings. The van der Waals surface area contributed by atoms with Crippen LogP contribution in [0, 0.1) is 0 Å². The van der Waals surface area contributed by atoms with Crippen molar-refractivity contribution >= 4 is 17.9 Å². The Balaban J connectivity index is 2.41. The molecule has 0 bridgehead atoms. The first kappa shape index (κ1) is 17.2. The van der Waals surface area contributed by atoms with Crippen molar-refractivity contribution in [3.05, 3.63) is 0 Å². The molecule has 1 heterocycles. The second-order valence-corrected chi connectivity index (χ2v) is 4.90. The molecule has 0 spiro atoms. The number of urea groups is 1. The number of rotatable bonds is 7. The molecule has 0 radical (unpaired) electrons. The van der Waals surface area contributed by atoms with E-state index >= 15 is 0 Å². The molecule has 0 aromatic rings. The van der Waals surface area contributed by atoms with Gasteiger partial charge in [0.2, 0.25) is 5.91 Å². The number of nitrogens with one attached hydrogen (secondary N) is 2. The summed E-state index contributed by atoms with van der Waals surface area (Å²) in [4.78, 5) is 37.7. The summed E-state index contributed by atoms with van der Waals surface area (Å²) in [6, 6.07) is -1.51. The van der Waals surface area contributed by atoms with Gasteiger partial charge >= 0.3 is 12.0 Å². The van der Waals surface area contributed by atoms with Gasteiger partial charge in [-0.1, -0.05) is 13.8 Å². The number of carbonyl (C=O) groups excluding carboxylic acids is 2. The van der Waals surface area contributed by atoms with Crippen molar-refractivity contribution in [1.82, 2.24) is 20.4 Å². The molecule has 0 aromatic carbocycles. The van der Waals surface area contributed by atoms with E-state index in [4.69, 9.17) is 5.11 Å². The smallest absolute Gasteiger partial charge is 0.328 e. The number of hydrogen-bond acceptors (Lipinski definition) is 4. The number of carboxylic acids is 1.